The summed E-state index contributed by atoms with van der Waals surface area (Å²) in [5, 5.41) is 14.8. The minimum atomic E-state index is 1.08. The first kappa shape index (κ1) is 36.1. The topological polar surface area (TPSA) is 3.24 Å². The average Bonchev–Trinajstić information content (AvgIpc) is 3.73. The monoisotopic (exact) mass is 805 g/mol. The molecule has 0 saturated heterocycles. The molecule has 0 atom stereocenters. The van der Waals surface area contributed by atoms with Crippen LogP contribution >= 0.6 is 11.3 Å². The zero-order valence-corrected chi connectivity index (χ0v) is 34.7. The zero-order chi connectivity index (χ0) is 41.0. The van der Waals surface area contributed by atoms with E-state index >= 15 is 0 Å². The van der Waals surface area contributed by atoms with Gasteiger partial charge in [-0.1, -0.05) is 206 Å². The van der Waals surface area contributed by atoms with Crippen molar-refractivity contribution >= 4 is 102 Å². The minimum absolute atomic E-state index is 1.08. The second-order valence-electron chi connectivity index (χ2n) is 15.9. The second kappa shape index (κ2) is 15.0. The van der Waals surface area contributed by atoms with Crippen molar-refractivity contribution in [3.8, 4) is 22.3 Å². The van der Waals surface area contributed by atoms with Crippen molar-refractivity contribution in [2.24, 2.45) is 0 Å². The SMILES string of the molecule is c1ccc(-c2ccccc2N(c2ccc3c4ccccc4c4ccccc4c4ccccc4c4c(ccc5c6ccccc6sc54)c3c2)c2ccccc2-c2ccccc2)cc1. The summed E-state index contributed by atoms with van der Waals surface area (Å²) in [7, 11) is 0. The van der Waals surface area contributed by atoms with Gasteiger partial charge in [-0.25, -0.2) is 0 Å². The van der Waals surface area contributed by atoms with E-state index in [9.17, 15) is 0 Å². The molecule has 62 heavy (non-hydrogen) atoms. The van der Waals surface area contributed by atoms with Crippen LogP contribution in [0.15, 0.2) is 237 Å². The van der Waals surface area contributed by atoms with Crippen molar-refractivity contribution in [2.75, 3.05) is 4.90 Å². The number of thiophene rings is 1. The molecular formula is C60H39NS. The van der Waals surface area contributed by atoms with Crippen molar-refractivity contribution in [1.82, 2.24) is 0 Å². The van der Waals surface area contributed by atoms with Gasteiger partial charge in [0.05, 0.1) is 11.4 Å². The molecule has 0 saturated carbocycles. The van der Waals surface area contributed by atoms with E-state index in [0.29, 0.717) is 0 Å². The van der Waals surface area contributed by atoms with Crippen molar-refractivity contribution < 1.29 is 0 Å². The van der Waals surface area contributed by atoms with Crippen molar-refractivity contribution in [1.29, 1.82) is 0 Å². The van der Waals surface area contributed by atoms with Gasteiger partial charge in [0.1, 0.15) is 0 Å². The lowest BCUT2D eigenvalue weighted by atomic mass is 9.93. The van der Waals surface area contributed by atoms with Gasteiger partial charge in [-0.2, -0.15) is 0 Å². The third kappa shape index (κ3) is 5.91. The van der Waals surface area contributed by atoms with Gasteiger partial charge in [0, 0.05) is 42.4 Å². The summed E-state index contributed by atoms with van der Waals surface area (Å²) < 4.78 is 2.60. The first-order chi connectivity index (χ1) is 30.8. The Morgan fingerprint density at radius 2 is 0.661 bits per heavy atom. The van der Waals surface area contributed by atoms with Gasteiger partial charge in [-0.3, -0.25) is 0 Å². The Balaban J connectivity index is 1.30. The summed E-state index contributed by atoms with van der Waals surface area (Å²) in [5.41, 5.74) is 7.99. The third-order valence-electron chi connectivity index (χ3n) is 12.5. The fourth-order valence-electron chi connectivity index (χ4n) is 9.72. The van der Waals surface area contributed by atoms with E-state index in [2.05, 4.69) is 241 Å². The molecule has 1 nitrogen and oxygen atoms in total. The molecule has 0 aliphatic carbocycles. The predicted octanol–water partition coefficient (Wildman–Crippen LogP) is 17.7. The molecule has 0 unspecified atom stereocenters. The van der Waals surface area contributed by atoms with E-state index in [1.807, 2.05) is 11.3 Å². The van der Waals surface area contributed by atoms with E-state index < -0.39 is 0 Å². The lowest BCUT2D eigenvalue weighted by Crippen LogP contribution is -2.12. The average molecular weight is 806 g/mol. The highest BCUT2D eigenvalue weighted by molar-refractivity contribution is 7.26. The number of benzene rings is 10. The largest absolute Gasteiger partial charge is 0.309 e. The third-order valence-corrected chi connectivity index (χ3v) is 13.7. The molecule has 0 spiro atoms. The summed E-state index contributed by atoms with van der Waals surface area (Å²) in [4.78, 5) is 2.48. The van der Waals surface area contributed by atoms with Crippen LogP contribution in [-0.4, -0.2) is 0 Å². The number of hydrogen-bond donors (Lipinski definition) is 0. The summed E-state index contributed by atoms with van der Waals surface area (Å²) >= 11 is 1.90. The van der Waals surface area contributed by atoms with E-state index in [-0.39, 0.29) is 0 Å². The Hall–Kier alpha value is -7.78. The summed E-state index contributed by atoms with van der Waals surface area (Å²) in [5.74, 6) is 0. The van der Waals surface area contributed by atoms with Gasteiger partial charge in [0.25, 0.3) is 0 Å². The van der Waals surface area contributed by atoms with Crippen LogP contribution in [0.2, 0.25) is 0 Å². The summed E-state index contributed by atoms with van der Waals surface area (Å²) in [6.45, 7) is 0. The highest BCUT2D eigenvalue weighted by Gasteiger charge is 2.22. The van der Waals surface area contributed by atoms with Crippen LogP contribution in [0, 0.1) is 0 Å². The first-order valence-corrected chi connectivity index (χ1v) is 22.1. The second-order valence-corrected chi connectivity index (χ2v) is 17.0. The number of fused-ring (bicyclic) bond motifs is 14. The molecule has 0 N–H and O–H groups in total. The Kier molecular flexibility index (Phi) is 8.76. The van der Waals surface area contributed by atoms with Gasteiger partial charge in [0.2, 0.25) is 0 Å². The zero-order valence-electron chi connectivity index (χ0n) is 33.9. The lowest BCUT2D eigenvalue weighted by Gasteiger charge is -2.30. The van der Waals surface area contributed by atoms with Crippen LogP contribution in [0.3, 0.4) is 0 Å². The molecule has 1 aromatic heterocycles. The molecule has 0 fully saturated rings. The van der Waals surface area contributed by atoms with Crippen molar-refractivity contribution in [3.05, 3.63) is 237 Å². The fraction of sp³-hybridized carbons (Fsp3) is 0. The van der Waals surface area contributed by atoms with Crippen LogP contribution in [0.5, 0.6) is 0 Å². The maximum Gasteiger partial charge on any atom is 0.0540 e. The summed E-state index contributed by atoms with van der Waals surface area (Å²) in [6, 6.07) is 87.0. The highest BCUT2D eigenvalue weighted by Crippen LogP contribution is 2.48. The lowest BCUT2D eigenvalue weighted by molar-refractivity contribution is 1.29. The molecule has 0 bridgehead atoms. The molecule has 290 valence electrons. The van der Waals surface area contributed by atoms with Crippen LogP contribution in [-0.2, 0) is 0 Å². The number of para-hydroxylation sites is 2. The number of rotatable bonds is 5. The molecule has 0 aliphatic heterocycles. The maximum absolute atomic E-state index is 2.48. The molecule has 12 aromatic rings. The van der Waals surface area contributed by atoms with Crippen LogP contribution in [0.25, 0.3) is 96.3 Å². The molecule has 1 heterocycles. The van der Waals surface area contributed by atoms with Crippen LogP contribution < -0.4 is 4.90 Å². The molecule has 0 radical (unpaired) electrons. The van der Waals surface area contributed by atoms with E-state index in [1.54, 1.807) is 0 Å². The van der Waals surface area contributed by atoms with Gasteiger partial charge in [0.15, 0.2) is 0 Å². The normalized spacial score (nSPS) is 11.5. The van der Waals surface area contributed by atoms with Crippen LogP contribution in [0.4, 0.5) is 17.1 Å². The molecule has 2 heteroatoms. The summed E-state index contributed by atoms with van der Waals surface area (Å²) in [6.07, 6.45) is 0. The number of nitrogens with zero attached hydrogens (tertiary/aromatic N) is 1. The quantitative estimate of drug-likeness (QED) is 0.167. The Morgan fingerprint density at radius 1 is 0.274 bits per heavy atom. The van der Waals surface area contributed by atoms with Crippen molar-refractivity contribution in [3.63, 3.8) is 0 Å². The smallest absolute Gasteiger partial charge is 0.0540 e. The van der Waals surface area contributed by atoms with E-state index in [1.165, 1.54) is 96.3 Å². The Bertz CT molecular complexity index is 3670. The van der Waals surface area contributed by atoms with Crippen molar-refractivity contribution in [2.45, 2.75) is 0 Å². The number of anilines is 3. The van der Waals surface area contributed by atoms with Gasteiger partial charge >= 0.3 is 0 Å². The molecular weight excluding hydrogens is 767 g/mol. The number of hydrogen-bond acceptors (Lipinski definition) is 2. The predicted molar refractivity (Wildman–Crippen MR) is 270 cm³/mol. The van der Waals surface area contributed by atoms with E-state index in [4.69, 9.17) is 0 Å². The van der Waals surface area contributed by atoms with Crippen LogP contribution in [0.1, 0.15) is 0 Å². The molecule has 0 aliphatic rings. The van der Waals surface area contributed by atoms with Gasteiger partial charge < -0.3 is 4.90 Å². The van der Waals surface area contributed by atoms with Gasteiger partial charge in [-0.05, 0) is 89.9 Å². The standard InChI is InChI=1S/C60H39NS/c1-3-19-40(20-4-1)43-23-13-16-32-56(43)61(57-33-17-14-24-44(57)41-21-5-2-6-22-41)42-35-36-50-48-28-10-8-26-46(48)45-25-7-9-27-47(45)49-29-11-12-31-52(49)59-53(55(50)39-42)37-38-54-51-30-15-18-34-58(51)62-60(54)59/h1-39H. The molecule has 12 rings (SSSR count). The van der Waals surface area contributed by atoms with E-state index in [0.717, 1.165) is 17.1 Å². The Labute approximate surface area is 364 Å². The van der Waals surface area contributed by atoms with Gasteiger partial charge in [-0.15, -0.1) is 11.3 Å². The molecule has 11 aromatic carbocycles. The minimum Gasteiger partial charge on any atom is -0.309 e. The highest BCUT2D eigenvalue weighted by atomic mass is 32.1. The Morgan fingerprint density at radius 3 is 1.23 bits per heavy atom. The molecule has 0 amide bonds. The first-order valence-electron chi connectivity index (χ1n) is 21.3. The fourth-order valence-corrected chi connectivity index (χ4v) is 11.0. The maximum atomic E-state index is 2.48.